The summed E-state index contributed by atoms with van der Waals surface area (Å²) >= 11 is 12.9. The van der Waals surface area contributed by atoms with E-state index < -0.39 is 5.82 Å². The molecule has 0 amide bonds. The van der Waals surface area contributed by atoms with E-state index in [1.165, 1.54) is 11.8 Å². The minimum atomic E-state index is -0.474. The molecular weight excluding hydrogens is 308 g/mol. The number of benzene rings is 1. The van der Waals surface area contributed by atoms with Crippen LogP contribution in [0.1, 0.15) is 6.92 Å². The Morgan fingerprint density at radius 3 is 2.79 bits per heavy atom. The first-order valence-electron chi connectivity index (χ1n) is 5.49. The van der Waals surface area contributed by atoms with Crippen molar-refractivity contribution in [3.05, 3.63) is 40.3 Å². The van der Waals surface area contributed by atoms with Gasteiger partial charge in [-0.1, -0.05) is 35.0 Å². The first-order valence-corrected chi connectivity index (χ1v) is 7.06. The molecule has 0 saturated heterocycles. The fourth-order valence-corrected chi connectivity index (χ4v) is 2.50. The number of nitrogens with one attached hydrogen (secondary N) is 1. The SMILES string of the molecule is CCNc1ncc(F)c(Sc2ccc(Cl)c(Cl)c2)n1. The topological polar surface area (TPSA) is 37.8 Å². The number of anilines is 1. The molecule has 19 heavy (non-hydrogen) atoms. The van der Waals surface area contributed by atoms with Crippen LogP contribution in [0.25, 0.3) is 0 Å². The number of aromatic nitrogens is 2. The molecule has 1 aromatic heterocycles. The summed E-state index contributed by atoms with van der Waals surface area (Å²) in [7, 11) is 0. The van der Waals surface area contributed by atoms with Crippen molar-refractivity contribution in [1.82, 2.24) is 9.97 Å². The van der Waals surface area contributed by atoms with Crippen LogP contribution in [0, 0.1) is 5.82 Å². The fourth-order valence-electron chi connectivity index (χ4n) is 1.32. The zero-order chi connectivity index (χ0) is 13.8. The average Bonchev–Trinajstić information content (AvgIpc) is 2.38. The second-order valence-electron chi connectivity index (χ2n) is 3.56. The molecule has 7 heteroatoms. The Morgan fingerprint density at radius 1 is 1.32 bits per heavy atom. The third-order valence-corrected chi connectivity index (χ3v) is 3.86. The molecule has 0 atom stereocenters. The Kier molecular flexibility index (Phi) is 4.85. The maximum Gasteiger partial charge on any atom is 0.223 e. The molecule has 1 N–H and O–H groups in total. The molecule has 1 aromatic carbocycles. The van der Waals surface area contributed by atoms with E-state index in [4.69, 9.17) is 23.2 Å². The standard InChI is InChI=1S/C12H10Cl2FN3S/c1-2-16-12-17-6-10(15)11(18-12)19-7-3-4-8(13)9(14)5-7/h3-6H,2H2,1H3,(H,16,17,18). The second-order valence-corrected chi connectivity index (χ2v) is 5.43. The molecular formula is C12H10Cl2FN3S. The average molecular weight is 318 g/mol. The number of halogens is 3. The fraction of sp³-hybridized carbons (Fsp3) is 0.167. The van der Waals surface area contributed by atoms with Crippen LogP contribution in [0.5, 0.6) is 0 Å². The minimum absolute atomic E-state index is 0.240. The smallest absolute Gasteiger partial charge is 0.223 e. The lowest BCUT2D eigenvalue weighted by Crippen LogP contribution is -2.03. The van der Waals surface area contributed by atoms with Crippen molar-refractivity contribution in [2.45, 2.75) is 16.8 Å². The van der Waals surface area contributed by atoms with Gasteiger partial charge in [0.25, 0.3) is 0 Å². The molecule has 0 fully saturated rings. The molecule has 2 rings (SSSR count). The molecule has 0 aliphatic heterocycles. The summed E-state index contributed by atoms with van der Waals surface area (Å²) in [5, 5.41) is 4.06. The minimum Gasteiger partial charge on any atom is -0.354 e. The zero-order valence-electron chi connectivity index (χ0n) is 9.95. The Labute approximate surface area is 124 Å². The largest absolute Gasteiger partial charge is 0.354 e. The predicted octanol–water partition coefficient (Wildman–Crippen LogP) is 4.51. The summed E-state index contributed by atoms with van der Waals surface area (Å²) in [6.07, 6.45) is 1.14. The van der Waals surface area contributed by atoms with E-state index in [-0.39, 0.29) is 5.03 Å². The van der Waals surface area contributed by atoms with Crippen molar-refractivity contribution in [3.63, 3.8) is 0 Å². The first-order chi connectivity index (χ1) is 9.10. The van der Waals surface area contributed by atoms with Crippen molar-refractivity contribution < 1.29 is 4.39 Å². The van der Waals surface area contributed by atoms with Gasteiger partial charge in [0.1, 0.15) is 5.03 Å². The van der Waals surface area contributed by atoms with Crippen LogP contribution in [0.4, 0.5) is 10.3 Å². The maximum atomic E-state index is 13.6. The normalized spacial score (nSPS) is 10.5. The summed E-state index contributed by atoms with van der Waals surface area (Å²) in [6, 6.07) is 5.09. The number of nitrogens with zero attached hydrogens (tertiary/aromatic N) is 2. The highest BCUT2D eigenvalue weighted by atomic mass is 35.5. The molecule has 2 aromatic rings. The monoisotopic (exact) mass is 317 g/mol. The van der Waals surface area contributed by atoms with Crippen molar-refractivity contribution in [3.8, 4) is 0 Å². The summed E-state index contributed by atoms with van der Waals surface area (Å²) in [5.74, 6) is -0.0795. The predicted molar refractivity (Wildman–Crippen MR) is 76.7 cm³/mol. The van der Waals surface area contributed by atoms with Gasteiger partial charge in [-0.15, -0.1) is 0 Å². The highest BCUT2D eigenvalue weighted by Gasteiger charge is 2.09. The Morgan fingerprint density at radius 2 is 2.11 bits per heavy atom. The van der Waals surface area contributed by atoms with Gasteiger partial charge in [-0.2, -0.15) is 0 Å². The van der Waals surface area contributed by atoms with Gasteiger partial charge in [-0.25, -0.2) is 14.4 Å². The lowest BCUT2D eigenvalue weighted by atomic mass is 10.4. The number of hydrogen-bond donors (Lipinski definition) is 1. The first kappa shape index (κ1) is 14.4. The van der Waals surface area contributed by atoms with E-state index in [0.29, 0.717) is 22.5 Å². The molecule has 0 radical (unpaired) electrons. The van der Waals surface area contributed by atoms with Gasteiger partial charge in [0, 0.05) is 11.4 Å². The molecule has 0 spiro atoms. The summed E-state index contributed by atoms with van der Waals surface area (Å²) in [5.41, 5.74) is 0. The number of hydrogen-bond acceptors (Lipinski definition) is 4. The molecule has 0 unspecified atom stereocenters. The number of rotatable bonds is 4. The maximum absolute atomic E-state index is 13.6. The molecule has 0 bridgehead atoms. The summed E-state index contributed by atoms with van der Waals surface area (Å²) < 4.78 is 13.6. The lowest BCUT2D eigenvalue weighted by molar-refractivity contribution is 0.580. The quantitative estimate of drug-likeness (QED) is 0.842. The Hall–Kier alpha value is -1.04. The lowest BCUT2D eigenvalue weighted by Gasteiger charge is -2.06. The van der Waals surface area contributed by atoms with Gasteiger partial charge < -0.3 is 5.32 Å². The summed E-state index contributed by atoms with van der Waals surface area (Å²) in [6.45, 7) is 2.58. The van der Waals surface area contributed by atoms with Crippen molar-refractivity contribution in [1.29, 1.82) is 0 Å². The van der Waals surface area contributed by atoms with E-state index in [0.717, 1.165) is 11.1 Å². The zero-order valence-corrected chi connectivity index (χ0v) is 12.3. The van der Waals surface area contributed by atoms with Gasteiger partial charge in [0.2, 0.25) is 5.95 Å². The third kappa shape index (κ3) is 3.72. The van der Waals surface area contributed by atoms with Gasteiger partial charge in [-0.3, -0.25) is 0 Å². The molecule has 0 aliphatic rings. The van der Waals surface area contributed by atoms with E-state index >= 15 is 0 Å². The van der Waals surface area contributed by atoms with E-state index in [9.17, 15) is 4.39 Å². The van der Waals surface area contributed by atoms with Crippen LogP contribution in [0.3, 0.4) is 0 Å². The summed E-state index contributed by atoms with van der Waals surface area (Å²) in [4.78, 5) is 8.70. The van der Waals surface area contributed by atoms with E-state index in [1.54, 1.807) is 18.2 Å². The van der Waals surface area contributed by atoms with E-state index in [2.05, 4.69) is 15.3 Å². The molecule has 3 nitrogen and oxygen atoms in total. The highest BCUT2D eigenvalue weighted by molar-refractivity contribution is 7.99. The molecule has 0 aliphatic carbocycles. The van der Waals surface area contributed by atoms with Crippen LogP contribution in [-0.4, -0.2) is 16.5 Å². The highest BCUT2D eigenvalue weighted by Crippen LogP contribution is 2.32. The Balaban J connectivity index is 2.26. The van der Waals surface area contributed by atoms with E-state index in [1.807, 2.05) is 6.92 Å². The van der Waals surface area contributed by atoms with Crippen molar-refractivity contribution in [2.24, 2.45) is 0 Å². The van der Waals surface area contributed by atoms with Crippen LogP contribution in [0.2, 0.25) is 10.0 Å². The Bertz CT molecular complexity index is 595. The molecule has 0 saturated carbocycles. The van der Waals surface area contributed by atoms with Crippen LogP contribution < -0.4 is 5.32 Å². The van der Waals surface area contributed by atoms with Gasteiger partial charge >= 0.3 is 0 Å². The van der Waals surface area contributed by atoms with Crippen LogP contribution in [0.15, 0.2) is 34.3 Å². The van der Waals surface area contributed by atoms with Crippen LogP contribution in [-0.2, 0) is 0 Å². The third-order valence-electron chi connectivity index (χ3n) is 2.15. The molecule has 1 heterocycles. The van der Waals surface area contributed by atoms with Gasteiger partial charge in [0.15, 0.2) is 5.82 Å². The second kappa shape index (κ2) is 6.41. The molecule has 100 valence electrons. The van der Waals surface area contributed by atoms with Crippen molar-refractivity contribution in [2.75, 3.05) is 11.9 Å². The van der Waals surface area contributed by atoms with Gasteiger partial charge in [-0.05, 0) is 25.1 Å². The van der Waals surface area contributed by atoms with Crippen molar-refractivity contribution >= 4 is 40.9 Å². The van der Waals surface area contributed by atoms with Gasteiger partial charge in [0.05, 0.1) is 16.2 Å². The van der Waals surface area contributed by atoms with Crippen LogP contribution >= 0.6 is 35.0 Å².